The van der Waals surface area contributed by atoms with E-state index in [1.165, 1.54) is 58.6 Å². The number of aromatic nitrogens is 3. The smallest absolute Gasteiger partial charge is 0.337 e. The number of hydrogen-bond acceptors (Lipinski definition) is 5. The van der Waals surface area contributed by atoms with E-state index in [1.807, 2.05) is 12.3 Å². The molecule has 3 fully saturated rings. The first-order valence-electron chi connectivity index (χ1n) is 18.6. The van der Waals surface area contributed by atoms with Crippen LogP contribution in [0.2, 0.25) is 0 Å². The second kappa shape index (κ2) is 15.4. The highest BCUT2D eigenvalue weighted by molar-refractivity contribution is 5.90. The number of nitrogens with zero attached hydrogens (tertiary/aromatic N) is 3. The normalized spacial score (nSPS) is 15.8. The summed E-state index contributed by atoms with van der Waals surface area (Å²) in [5.41, 5.74) is 15.4. The molecule has 8 heteroatoms. The molecule has 50 heavy (non-hydrogen) atoms. The molecule has 3 N–H and O–H groups in total. The van der Waals surface area contributed by atoms with Crippen LogP contribution in [-0.4, -0.2) is 52.6 Å². The Morgan fingerprint density at radius 2 is 1.40 bits per heavy atom. The van der Waals surface area contributed by atoms with Gasteiger partial charge in [-0.25, -0.2) is 4.79 Å². The van der Waals surface area contributed by atoms with E-state index in [-0.39, 0.29) is 0 Å². The van der Waals surface area contributed by atoms with Crippen LogP contribution >= 0.6 is 0 Å². The number of aromatic carboxylic acids is 1. The minimum Gasteiger partial charge on any atom is -0.478 e. The first-order valence-corrected chi connectivity index (χ1v) is 18.6. The summed E-state index contributed by atoms with van der Waals surface area (Å²) in [6, 6.07) is 14.9. The molecule has 0 spiro atoms. The summed E-state index contributed by atoms with van der Waals surface area (Å²) in [5.74, 6) is 1.31. The SMILES string of the molecule is COCCCc1cc(Cc2ncc(C3CC3)cc2C(=O)O)cc2ccn(CC3CC3)c12.COCCCc1cc(N)cc2ccn(CC3CC3)c12. The average Bonchev–Trinajstić information content (AvgIpc) is 4.00. The van der Waals surface area contributed by atoms with Crippen molar-refractivity contribution in [3.05, 3.63) is 94.6 Å². The van der Waals surface area contributed by atoms with Gasteiger partial charge in [0.1, 0.15) is 0 Å². The number of anilines is 1. The third kappa shape index (κ3) is 8.41. The van der Waals surface area contributed by atoms with Crippen molar-refractivity contribution in [2.45, 2.75) is 89.6 Å². The van der Waals surface area contributed by atoms with E-state index in [1.54, 1.807) is 14.2 Å². The molecule has 0 saturated heterocycles. The molecule has 0 unspecified atom stereocenters. The molecule has 0 atom stereocenters. The Hall–Kier alpha value is -4.14. The third-order valence-electron chi connectivity index (χ3n) is 10.5. The van der Waals surface area contributed by atoms with E-state index in [2.05, 4.69) is 62.9 Å². The van der Waals surface area contributed by atoms with Crippen molar-refractivity contribution in [2.75, 3.05) is 33.2 Å². The Labute approximate surface area is 295 Å². The molecule has 3 aromatic heterocycles. The van der Waals surface area contributed by atoms with Gasteiger partial charge in [-0.15, -0.1) is 0 Å². The van der Waals surface area contributed by atoms with E-state index in [9.17, 15) is 9.90 Å². The molecule has 3 aliphatic carbocycles. The number of methoxy groups -OCH3 is 2. The van der Waals surface area contributed by atoms with Gasteiger partial charge in [0.15, 0.2) is 0 Å². The van der Waals surface area contributed by atoms with E-state index < -0.39 is 5.97 Å². The molecule has 3 heterocycles. The van der Waals surface area contributed by atoms with Gasteiger partial charge in [0, 0.05) is 82.0 Å². The highest BCUT2D eigenvalue weighted by Gasteiger charge is 2.27. The third-order valence-corrected chi connectivity index (χ3v) is 10.5. The lowest BCUT2D eigenvalue weighted by Gasteiger charge is -2.13. The minimum absolute atomic E-state index is 0.344. The number of rotatable bonds is 16. The summed E-state index contributed by atoms with van der Waals surface area (Å²) in [4.78, 5) is 16.5. The quantitative estimate of drug-likeness (QED) is 0.0804. The fraction of sp³-hybridized carbons (Fsp3) is 0.476. The van der Waals surface area contributed by atoms with Crippen molar-refractivity contribution in [3.63, 3.8) is 0 Å². The number of nitrogen functional groups attached to an aromatic ring is 1. The number of hydrogen-bond donors (Lipinski definition) is 2. The fourth-order valence-corrected chi connectivity index (χ4v) is 7.40. The molecule has 264 valence electrons. The number of pyridine rings is 1. The standard InChI is InChI=1S/C26H30N2O3.C16H22N2O/c1-31-10-2-3-20-11-18(12-21-8-9-28(25(20)21)16-17-4-5-17)13-24-23(26(29)30)14-22(15-27-24)19-6-7-19;1-19-8-2-3-13-9-15(17)10-14-6-7-18(16(13)14)11-12-4-5-12/h8-9,11-12,14-15,17,19H,2-7,10,13,16H2,1H3,(H,29,30);6-7,9-10,12H,2-5,8,11,17H2,1H3. The lowest BCUT2D eigenvalue weighted by molar-refractivity contribution is 0.0695. The molecule has 0 aliphatic heterocycles. The van der Waals surface area contributed by atoms with Gasteiger partial charge in [0.25, 0.3) is 0 Å². The van der Waals surface area contributed by atoms with E-state index in [0.717, 1.165) is 93.5 Å². The molecule has 0 radical (unpaired) electrons. The van der Waals surface area contributed by atoms with Gasteiger partial charge < -0.3 is 29.4 Å². The number of fused-ring (bicyclic) bond motifs is 2. The summed E-state index contributed by atoms with van der Waals surface area (Å²) in [5, 5.41) is 12.3. The number of benzene rings is 2. The summed E-state index contributed by atoms with van der Waals surface area (Å²) in [6.07, 6.45) is 18.5. The monoisotopic (exact) mass is 676 g/mol. The summed E-state index contributed by atoms with van der Waals surface area (Å²) in [7, 11) is 3.50. The van der Waals surface area contributed by atoms with Crippen LogP contribution in [0.4, 0.5) is 5.69 Å². The molecule has 0 amide bonds. The second-order valence-electron chi connectivity index (χ2n) is 14.8. The van der Waals surface area contributed by atoms with Crippen LogP contribution in [0.15, 0.2) is 61.1 Å². The molecule has 3 saturated carbocycles. The molecule has 8 nitrogen and oxygen atoms in total. The Morgan fingerprint density at radius 1 is 0.820 bits per heavy atom. The summed E-state index contributed by atoms with van der Waals surface area (Å²) < 4.78 is 15.3. The van der Waals surface area contributed by atoms with Gasteiger partial charge in [0.2, 0.25) is 0 Å². The Bertz CT molecular complexity index is 1950. The number of carbonyl (C=O) groups is 1. The van der Waals surface area contributed by atoms with Crippen LogP contribution in [0.5, 0.6) is 0 Å². The van der Waals surface area contributed by atoms with Gasteiger partial charge >= 0.3 is 5.97 Å². The van der Waals surface area contributed by atoms with Crippen molar-refractivity contribution in [1.29, 1.82) is 0 Å². The van der Waals surface area contributed by atoms with Crippen LogP contribution in [0.25, 0.3) is 21.8 Å². The van der Waals surface area contributed by atoms with Crippen molar-refractivity contribution in [1.82, 2.24) is 14.1 Å². The Morgan fingerprint density at radius 3 is 1.94 bits per heavy atom. The van der Waals surface area contributed by atoms with Gasteiger partial charge in [-0.1, -0.05) is 6.07 Å². The lowest BCUT2D eigenvalue weighted by Crippen LogP contribution is -2.07. The van der Waals surface area contributed by atoms with Gasteiger partial charge in [-0.3, -0.25) is 4.98 Å². The zero-order chi connectivity index (χ0) is 34.6. The number of carboxylic acids is 1. The Kier molecular flexibility index (Phi) is 10.6. The summed E-state index contributed by atoms with van der Waals surface area (Å²) in [6.45, 7) is 3.79. The highest BCUT2D eigenvalue weighted by atomic mass is 16.5. The zero-order valence-corrected chi connectivity index (χ0v) is 29.7. The van der Waals surface area contributed by atoms with Gasteiger partial charge in [-0.2, -0.15) is 0 Å². The number of nitrogens with two attached hydrogens (primary N) is 1. The van der Waals surface area contributed by atoms with Gasteiger partial charge in [-0.05, 0) is 141 Å². The molecule has 2 aromatic carbocycles. The largest absolute Gasteiger partial charge is 0.478 e. The van der Waals surface area contributed by atoms with E-state index in [0.29, 0.717) is 23.6 Å². The lowest BCUT2D eigenvalue weighted by atomic mass is 9.97. The Balaban J connectivity index is 0.000000176. The first-order chi connectivity index (χ1) is 24.4. The molecular weight excluding hydrogens is 624 g/mol. The average molecular weight is 677 g/mol. The zero-order valence-electron chi connectivity index (χ0n) is 29.7. The highest BCUT2D eigenvalue weighted by Crippen LogP contribution is 2.40. The summed E-state index contributed by atoms with van der Waals surface area (Å²) >= 11 is 0. The minimum atomic E-state index is -0.887. The second-order valence-corrected chi connectivity index (χ2v) is 14.8. The molecule has 3 aliphatic rings. The maximum Gasteiger partial charge on any atom is 0.337 e. The van der Waals surface area contributed by atoms with Crippen LogP contribution in [0.3, 0.4) is 0 Å². The fourth-order valence-electron chi connectivity index (χ4n) is 7.40. The number of ether oxygens (including phenoxy) is 2. The van der Waals surface area contributed by atoms with Gasteiger partial charge in [0.05, 0.1) is 22.3 Å². The predicted octanol–water partition coefficient (Wildman–Crippen LogP) is 8.40. The molecule has 5 aromatic rings. The number of carboxylic acid groups (broad SMARTS) is 1. The van der Waals surface area contributed by atoms with Crippen LogP contribution in [-0.2, 0) is 41.8 Å². The van der Waals surface area contributed by atoms with Crippen LogP contribution in [0.1, 0.15) is 95.6 Å². The topological polar surface area (TPSA) is 105 Å². The van der Waals surface area contributed by atoms with E-state index in [4.69, 9.17) is 15.2 Å². The van der Waals surface area contributed by atoms with E-state index >= 15 is 0 Å². The van der Waals surface area contributed by atoms with Crippen molar-refractivity contribution in [2.24, 2.45) is 11.8 Å². The van der Waals surface area contributed by atoms with Crippen LogP contribution < -0.4 is 5.73 Å². The number of aryl methyl sites for hydroxylation is 2. The molecular formula is C42H52N4O4. The maximum absolute atomic E-state index is 11.9. The maximum atomic E-state index is 11.9. The van der Waals surface area contributed by atoms with Crippen molar-refractivity contribution < 1.29 is 19.4 Å². The van der Waals surface area contributed by atoms with Crippen molar-refractivity contribution >= 4 is 33.5 Å². The first kappa shape index (κ1) is 34.3. The van der Waals surface area contributed by atoms with Crippen LogP contribution in [0, 0.1) is 11.8 Å². The molecule has 0 bridgehead atoms. The predicted molar refractivity (Wildman–Crippen MR) is 200 cm³/mol. The molecule has 8 rings (SSSR count). The van der Waals surface area contributed by atoms with Crippen molar-refractivity contribution in [3.8, 4) is 0 Å².